The smallest absolute Gasteiger partial charge is 0.263 e. The number of aromatic nitrogens is 1. The van der Waals surface area contributed by atoms with Gasteiger partial charge in [-0.2, -0.15) is 4.57 Å². The minimum absolute atomic E-state index is 0.250. The van der Waals surface area contributed by atoms with Crippen LogP contribution in [0.1, 0.15) is 31.7 Å². The minimum atomic E-state index is -4.27. The van der Waals surface area contributed by atoms with Gasteiger partial charge >= 0.3 is 0 Å². The van der Waals surface area contributed by atoms with Crippen molar-refractivity contribution in [2.45, 2.75) is 38.1 Å². The average molecular weight is 547 g/mol. The summed E-state index contributed by atoms with van der Waals surface area (Å²) in [6.07, 6.45) is 5.46. The molecule has 0 saturated heterocycles. The highest BCUT2D eigenvalue weighted by Crippen LogP contribution is 2.47. The van der Waals surface area contributed by atoms with Gasteiger partial charge in [0.1, 0.15) is 16.2 Å². The Hall–Kier alpha value is -2.53. The van der Waals surface area contributed by atoms with Gasteiger partial charge in [-0.25, -0.2) is 8.42 Å². The van der Waals surface area contributed by atoms with Crippen LogP contribution in [0.15, 0.2) is 58.0 Å². The topological polar surface area (TPSA) is 82.8 Å². The number of benzene rings is 2. The van der Waals surface area contributed by atoms with Crippen LogP contribution < -0.4 is 18.9 Å². The van der Waals surface area contributed by atoms with Crippen molar-refractivity contribution in [1.82, 2.24) is 0 Å². The average Bonchev–Trinajstić information content (AvgIpc) is 3.38. The van der Waals surface area contributed by atoms with Gasteiger partial charge in [-0.15, -0.1) is 0 Å². The molecule has 36 heavy (non-hydrogen) atoms. The molecule has 0 spiro atoms. The molecular weight excluding hydrogens is 516 g/mol. The Morgan fingerprint density at radius 3 is 2.50 bits per heavy atom. The maximum Gasteiger partial charge on any atom is 0.263 e. The largest absolute Gasteiger partial charge is 0.748 e. The van der Waals surface area contributed by atoms with Gasteiger partial charge in [0.05, 0.1) is 41.1 Å². The first-order chi connectivity index (χ1) is 17.3. The van der Waals surface area contributed by atoms with Crippen molar-refractivity contribution in [2.24, 2.45) is 0 Å². The Bertz CT molecular complexity index is 1430. The number of anilines is 1. The van der Waals surface area contributed by atoms with E-state index in [1.807, 2.05) is 24.3 Å². The highest BCUT2D eigenvalue weighted by Gasteiger charge is 2.25. The van der Waals surface area contributed by atoms with E-state index in [0.29, 0.717) is 6.54 Å². The van der Waals surface area contributed by atoms with E-state index >= 15 is 0 Å². The second-order valence-electron chi connectivity index (χ2n) is 8.28. The Labute approximate surface area is 220 Å². The van der Waals surface area contributed by atoms with Gasteiger partial charge in [-0.3, -0.25) is 0 Å². The lowest BCUT2D eigenvalue weighted by molar-refractivity contribution is -0.668. The van der Waals surface area contributed by atoms with Crippen molar-refractivity contribution in [3.63, 3.8) is 0 Å². The Balaban J connectivity index is 1.72. The standard InChI is InChI=1S/C26H30N2O5S3/c1-5-18(14-25-27(6-2)21-16-19(32-3)8-10-23(21)34-25)15-26-28(12-7-13-36(29,30)31)22-17-20(33-4)9-11-24(22)35-26/h8-11,14-17H,5-7,12-13H2,1-4H3. The molecule has 0 saturated carbocycles. The summed E-state index contributed by atoms with van der Waals surface area (Å²) in [5, 5.41) is 2.15. The third-order valence-corrected chi connectivity index (χ3v) is 9.01. The summed E-state index contributed by atoms with van der Waals surface area (Å²) in [7, 11) is -0.968. The van der Waals surface area contributed by atoms with Crippen molar-refractivity contribution in [3.05, 3.63) is 58.1 Å². The van der Waals surface area contributed by atoms with E-state index in [9.17, 15) is 13.0 Å². The molecule has 1 aliphatic heterocycles. The Morgan fingerprint density at radius 1 is 1.11 bits per heavy atom. The molecule has 3 aromatic rings. The van der Waals surface area contributed by atoms with Gasteiger partial charge in [-0.1, -0.05) is 30.0 Å². The Morgan fingerprint density at radius 2 is 1.83 bits per heavy atom. The number of ether oxygens (including phenoxy) is 2. The molecule has 0 atom stereocenters. The summed E-state index contributed by atoms with van der Waals surface area (Å²) < 4.78 is 47.6. The fraction of sp³-hybridized carbons (Fsp3) is 0.346. The van der Waals surface area contributed by atoms with Gasteiger partial charge in [0.2, 0.25) is 5.52 Å². The lowest BCUT2D eigenvalue weighted by Gasteiger charge is -2.18. The number of hydrogen-bond acceptors (Lipinski definition) is 8. The van der Waals surface area contributed by atoms with Crippen LogP contribution in [0.4, 0.5) is 5.69 Å². The van der Waals surface area contributed by atoms with Crippen LogP contribution in [0.2, 0.25) is 0 Å². The fourth-order valence-corrected chi connectivity index (χ4v) is 6.96. The summed E-state index contributed by atoms with van der Waals surface area (Å²) >= 11 is 3.38. The zero-order valence-corrected chi connectivity index (χ0v) is 23.3. The lowest BCUT2D eigenvalue weighted by Crippen LogP contribution is -2.36. The molecule has 2 aromatic carbocycles. The number of rotatable bonds is 10. The summed E-state index contributed by atoms with van der Waals surface area (Å²) in [5.74, 6) is 1.18. The second kappa shape index (κ2) is 11.2. The van der Waals surface area contributed by atoms with E-state index in [-0.39, 0.29) is 12.2 Å². The number of nitrogens with zero attached hydrogens (tertiary/aromatic N) is 2. The van der Waals surface area contributed by atoms with Gasteiger partial charge in [0.25, 0.3) is 5.01 Å². The number of hydrogen-bond donors (Lipinski definition) is 0. The fourth-order valence-electron chi connectivity index (χ4n) is 4.15. The van der Waals surface area contributed by atoms with Crippen molar-refractivity contribution in [1.29, 1.82) is 0 Å². The molecule has 10 heteroatoms. The first-order valence-electron chi connectivity index (χ1n) is 11.8. The van der Waals surface area contributed by atoms with Gasteiger partial charge < -0.3 is 18.9 Å². The van der Waals surface area contributed by atoms with Crippen molar-refractivity contribution < 1.29 is 27.0 Å². The molecular formula is C26H30N2O5S3. The van der Waals surface area contributed by atoms with Gasteiger partial charge in [0, 0.05) is 35.8 Å². The van der Waals surface area contributed by atoms with E-state index in [2.05, 4.69) is 47.6 Å². The lowest BCUT2D eigenvalue weighted by atomic mass is 10.2. The summed E-state index contributed by atoms with van der Waals surface area (Å²) in [4.78, 5) is 3.48. The molecule has 0 unspecified atom stereocenters. The summed E-state index contributed by atoms with van der Waals surface area (Å²) in [5.41, 5.74) is 3.26. The molecule has 2 heterocycles. The van der Waals surface area contributed by atoms with Gasteiger partial charge in [-0.05, 0) is 49.3 Å². The van der Waals surface area contributed by atoms with Crippen LogP contribution in [0.5, 0.6) is 11.5 Å². The molecule has 0 N–H and O–H groups in total. The van der Waals surface area contributed by atoms with Crippen LogP contribution in [0, 0.1) is 0 Å². The van der Waals surface area contributed by atoms with Crippen LogP contribution >= 0.6 is 23.1 Å². The molecule has 0 aliphatic carbocycles. The predicted octanol–water partition coefficient (Wildman–Crippen LogP) is 5.41. The number of thiazole rings is 1. The Kier molecular flexibility index (Phi) is 8.29. The first-order valence-corrected chi connectivity index (χ1v) is 15.0. The van der Waals surface area contributed by atoms with Crippen LogP contribution in [-0.4, -0.2) is 39.5 Å². The number of fused-ring (bicyclic) bond motifs is 2. The van der Waals surface area contributed by atoms with Crippen molar-refractivity contribution in [3.8, 4) is 11.5 Å². The van der Waals surface area contributed by atoms with Crippen LogP contribution in [0.25, 0.3) is 16.3 Å². The monoisotopic (exact) mass is 546 g/mol. The second-order valence-corrected chi connectivity index (χ2v) is 11.9. The zero-order valence-electron chi connectivity index (χ0n) is 20.8. The molecule has 0 bridgehead atoms. The quantitative estimate of drug-likeness (QED) is 0.248. The molecule has 7 nitrogen and oxygen atoms in total. The molecule has 1 aromatic heterocycles. The SMILES string of the molecule is CCC(=Cc1sc2ccc(OC)cc2[n+]1CCCS(=O)(=O)[O-])/C=C1\Sc2ccc(OC)cc2N1CC. The third-order valence-electron chi connectivity index (χ3n) is 5.99. The predicted molar refractivity (Wildman–Crippen MR) is 146 cm³/mol. The van der Waals surface area contributed by atoms with Crippen molar-refractivity contribution >= 4 is 55.2 Å². The molecule has 4 rings (SSSR count). The van der Waals surface area contributed by atoms with Gasteiger partial charge in [0.15, 0.2) is 6.54 Å². The number of aryl methyl sites for hydroxylation is 1. The third kappa shape index (κ3) is 5.88. The summed E-state index contributed by atoms with van der Waals surface area (Å²) in [6.45, 7) is 5.52. The van der Waals surface area contributed by atoms with Crippen molar-refractivity contribution in [2.75, 3.05) is 31.4 Å². The number of thioether (sulfide) groups is 1. The molecule has 1 aliphatic rings. The maximum absolute atomic E-state index is 11.2. The molecule has 0 fully saturated rings. The molecule has 0 radical (unpaired) electrons. The highest BCUT2D eigenvalue weighted by molar-refractivity contribution is 8.03. The van der Waals surface area contributed by atoms with E-state index in [0.717, 1.165) is 56.0 Å². The van der Waals surface area contributed by atoms with E-state index in [4.69, 9.17) is 9.47 Å². The highest BCUT2D eigenvalue weighted by atomic mass is 32.2. The van der Waals surface area contributed by atoms with E-state index in [1.165, 1.54) is 4.90 Å². The first kappa shape index (κ1) is 26.5. The number of methoxy groups -OCH3 is 2. The maximum atomic E-state index is 11.2. The molecule has 0 amide bonds. The normalized spacial score (nSPS) is 15.1. The van der Waals surface area contributed by atoms with Crippen LogP contribution in [-0.2, 0) is 16.7 Å². The summed E-state index contributed by atoms with van der Waals surface area (Å²) in [6, 6.07) is 12.0. The number of allylic oxidation sites excluding steroid dienone is 2. The van der Waals surface area contributed by atoms with E-state index in [1.54, 1.807) is 37.3 Å². The molecule has 192 valence electrons. The zero-order chi connectivity index (χ0) is 25.9. The van der Waals surface area contributed by atoms with Crippen LogP contribution in [0.3, 0.4) is 0 Å². The van der Waals surface area contributed by atoms with E-state index < -0.39 is 10.1 Å². The minimum Gasteiger partial charge on any atom is -0.748 e.